The van der Waals surface area contributed by atoms with Crippen molar-refractivity contribution in [1.29, 1.82) is 5.26 Å². The molecular weight excluding hydrogens is 368 g/mol. The summed E-state index contributed by atoms with van der Waals surface area (Å²) in [5.74, 6) is -0.102. The summed E-state index contributed by atoms with van der Waals surface area (Å²) < 4.78 is 3.92. The summed E-state index contributed by atoms with van der Waals surface area (Å²) in [6.45, 7) is 1.00. The molecule has 1 aliphatic carbocycles. The Morgan fingerprint density at radius 1 is 1.21 bits per heavy atom. The van der Waals surface area contributed by atoms with E-state index in [4.69, 9.17) is 0 Å². The van der Waals surface area contributed by atoms with Crippen molar-refractivity contribution in [3.05, 3.63) is 70.6 Å². The Balaban J connectivity index is 1.42. The maximum atomic E-state index is 12.6. The zero-order valence-electron chi connectivity index (χ0n) is 15.7. The zero-order chi connectivity index (χ0) is 19.3. The minimum atomic E-state index is -0.102. The summed E-state index contributed by atoms with van der Waals surface area (Å²) in [5, 5.41) is 13.3. The molecule has 4 rings (SSSR count). The van der Waals surface area contributed by atoms with Gasteiger partial charge in [-0.15, -0.1) is 11.3 Å². The van der Waals surface area contributed by atoms with Crippen LogP contribution in [0.5, 0.6) is 0 Å². The lowest BCUT2D eigenvalue weighted by molar-refractivity contribution is -0.687. The lowest BCUT2D eigenvalue weighted by Crippen LogP contribution is -2.32. The fourth-order valence-electron chi connectivity index (χ4n) is 3.70. The van der Waals surface area contributed by atoms with Crippen molar-refractivity contribution in [2.75, 3.05) is 5.32 Å². The molecule has 0 atom stereocenters. The second kappa shape index (κ2) is 8.41. The Hall–Kier alpha value is -2.91. The highest BCUT2D eigenvalue weighted by Crippen LogP contribution is 2.36. The van der Waals surface area contributed by atoms with E-state index in [2.05, 4.69) is 28.1 Å². The molecule has 0 fully saturated rings. The van der Waals surface area contributed by atoms with Crippen LogP contribution in [0, 0.1) is 11.3 Å². The average Bonchev–Trinajstić information content (AvgIpc) is 3.18. The van der Waals surface area contributed by atoms with Crippen molar-refractivity contribution >= 4 is 22.2 Å². The predicted molar refractivity (Wildman–Crippen MR) is 109 cm³/mol. The maximum absolute atomic E-state index is 12.6. The molecule has 0 unspecified atom stereocenters. The third-order valence-electron chi connectivity index (χ3n) is 5.07. The first-order valence-corrected chi connectivity index (χ1v) is 10.5. The fourth-order valence-corrected chi connectivity index (χ4v) is 4.96. The van der Waals surface area contributed by atoms with E-state index < -0.39 is 0 Å². The Bertz CT molecular complexity index is 1010. The fraction of sp³-hybridized carbons (Fsp3) is 0.318. The summed E-state index contributed by atoms with van der Waals surface area (Å²) in [6, 6.07) is 12.5. The van der Waals surface area contributed by atoms with E-state index in [1.807, 2.05) is 41.5 Å². The van der Waals surface area contributed by atoms with E-state index in [1.165, 1.54) is 16.9 Å². The minimum absolute atomic E-state index is 0.102. The van der Waals surface area contributed by atoms with Gasteiger partial charge in [0.2, 0.25) is 6.33 Å². The number of hydrogen-bond acceptors (Lipinski definition) is 3. The van der Waals surface area contributed by atoms with Crippen LogP contribution in [-0.4, -0.2) is 10.5 Å². The van der Waals surface area contributed by atoms with Crippen LogP contribution in [0.4, 0.5) is 5.00 Å². The Morgan fingerprint density at radius 3 is 2.86 bits per heavy atom. The van der Waals surface area contributed by atoms with Crippen molar-refractivity contribution in [3.8, 4) is 6.07 Å². The number of nitrogens with one attached hydrogen (secondary N) is 1. The molecule has 142 valence electrons. The van der Waals surface area contributed by atoms with Crippen molar-refractivity contribution < 1.29 is 9.36 Å². The molecule has 1 aliphatic rings. The van der Waals surface area contributed by atoms with Gasteiger partial charge in [-0.1, -0.05) is 36.8 Å². The molecule has 1 N–H and O–H groups in total. The topological polar surface area (TPSA) is 61.7 Å². The zero-order valence-corrected chi connectivity index (χ0v) is 16.5. The number of fused-ring (bicyclic) bond motifs is 1. The van der Waals surface area contributed by atoms with Crippen LogP contribution < -0.4 is 9.88 Å². The molecular formula is C22H23N4OS+. The molecule has 28 heavy (non-hydrogen) atoms. The lowest BCUT2D eigenvalue weighted by atomic mass is 10.1. The number of nitriles is 1. The number of aryl methyl sites for hydroxylation is 1. The van der Waals surface area contributed by atoms with E-state index in [9.17, 15) is 10.1 Å². The quantitative estimate of drug-likeness (QED) is 0.533. The second-order valence-corrected chi connectivity index (χ2v) is 8.28. The van der Waals surface area contributed by atoms with E-state index in [1.54, 1.807) is 11.3 Å². The monoisotopic (exact) mass is 391 g/mol. The first-order chi connectivity index (χ1) is 13.7. The molecule has 0 saturated heterocycles. The number of thiophene rings is 1. The van der Waals surface area contributed by atoms with E-state index in [-0.39, 0.29) is 12.5 Å². The summed E-state index contributed by atoms with van der Waals surface area (Å²) in [7, 11) is 0. The Labute approximate surface area is 168 Å². The number of anilines is 1. The standard InChI is InChI=1S/C22H22N4OS/c23-13-19-18-9-5-2-6-10-20(18)28-22(19)24-21(27)15-26-12-11-25(16-26)14-17-7-3-1-4-8-17/h1,3-4,7-8,11-12,16H,2,5-6,9-10,14-15H2/p+1. The molecule has 6 heteroatoms. The van der Waals surface area contributed by atoms with Crippen LogP contribution in [0.2, 0.25) is 0 Å². The summed E-state index contributed by atoms with van der Waals surface area (Å²) >= 11 is 1.58. The highest BCUT2D eigenvalue weighted by molar-refractivity contribution is 7.16. The van der Waals surface area contributed by atoms with Crippen LogP contribution in [0.15, 0.2) is 49.1 Å². The maximum Gasteiger partial charge on any atom is 0.267 e. The Morgan fingerprint density at radius 2 is 2.04 bits per heavy atom. The van der Waals surface area contributed by atoms with Gasteiger partial charge in [-0.3, -0.25) is 4.79 Å². The van der Waals surface area contributed by atoms with Gasteiger partial charge in [-0.25, -0.2) is 9.13 Å². The van der Waals surface area contributed by atoms with Gasteiger partial charge in [0.15, 0.2) is 6.54 Å². The molecule has 1 amide bonds. The van der Waals surface area contributed by atoms with Gasteiger partial charge in [0.1, 0.15) is 30.0 Å². The first-order valence-electron chi connectivity index (χ1n) is 9.66. The molecule has 5 nitrogen and oxygen atoms in total. The van der Waals surface area contributed by atoms with Gasteiger partial charge >= 0.3 is 0 Å². The van der Waals surface area contributed by atoms with E-state index in [0.29, 0.717) is 10.6 Å². The third-order valence-corrected chi connectivity index (χ3v) is 6.27. The number of aromatic nitrogens is 2. The number of rotatable bonds is 5. The van der Waals surface area contributed by atoms with Crippen LogP contribution in [0.25, 0.3) is 0 Å². The normalized spacial score (nSPS) is 13.4. The molecule has 0 spiro atoms. The number of carbonyl (C=O) groups excluding carboxylic acids is 1. The van der Waals surface area contributed by atoms with Crippen LogP contribution in [0.1, 0.15) is 40.8 Å². The van der Waals surface area contributed by atoms with E-state index in [0.717, 1.165) is 37.8 Å². The minimum Gasteiger partial charge on any atom is -0.313 e. The van der Waals surface area contributed by atoms with Gasteiger partial charge in [0.05, 0.1) is 5.56 Å². The van der Waals surface area contributed by atoms with Crippen molar-refractivity contribution in [2.24, 2.45) is 0 Å². The van der Waals surface area contributed by atoms with Crippen LogP contribution in [0.3, 0.4) is 0 Å². The molecule has 2 aromatic heterocycles. The number of benzene rings is 1. The summed E-state index contributed by atoms with van der Waals surface area (Å²) in [4.78, 5) is 13.8. The molecule has 0 saturated carbocycles. The van der Waals surface area contributed by atoms with Gasteiger partial charge in [0, 0.05) is 4.88 Å². The molecule has 3 aromatic rings. The highest BCUT2D eigenvalue weighted by atomic mass is 32.1. The third kappa shape index (κ3) is 4.15. The predicted octanol–water partition coefficient (Wildman–Crippen LogP) is 3.66. The first kappa shape index (κ1) is 18.5. The smallest absolute Gasteiger partial charge is 0.267 e. The Kier molecular flexibility index (Phi) is 5.54. The highest BCUT2D eigenvalue weighted by Gasteiger charge is 2.21. The van der Waals surface area contributed by atoms with E-state index >= 15 is 0 Å². The molecule has 1 aromatic carbocycles. The van der Waals surface area contributed by atoms with Gasteiger partial charge in [-0.05, 0) is 36.8 Å². The summed E-state index contributed by atoms with van der Waals surface area (Å²) in [5.41, 5.74) is 3.04. The van der Waals surface area contributed by atoms with Crippen molar-refractivity contribution in [3.63, 3.8) is 0 Å². The number of amides is 1. The molecule has 2 heterocycles. The van der Waals surface area contributed by atoms with Crippen LogP contribution in [-0.2, 0) is 30.7 Å². The number of carbonyl (C=O) groups is 1. The number of nitrogens with zero attached hydrogens (tertiary/aromatic N) is 3. The SMILES string of the molecule is N#Cc1c(NC(=O)Cn2cc[n+](Cc3ccccc3)c2)sc2c1CCCCC2. The molecule has 0 radical (unpaired) electrons. The largest absolute Gasteiger partial charge is 0.313 e. The van der Waals surface area contributed by atoms with Gasteiger partial charge in [0.25, 0.3) is 5.91 Å². The average molecular weight is 392 g/mol. The molecule has 0 aliphatic heterocycles. The van der Waals surface area contributed by atoms with Gasteiger partial charge in [-0.2, -0.15) is 5.26 Å². The number of imidazole rings is 1. The van der Waals surface area contributed by atoms with Crippen molar-refractivity contribution in [1.82, 2.24) is 4.57 Å². The van der Waals surface area contributed by atoms with Crippen LogP contribution >= 0.6 is 11.3 Å². The van der Waals surface area contributed by atoms with Crippen molar-refractivity contribution in [2.45, 2.75) is 45.2 Å². The lowest BCUT2D eigenvalue weighted by Gasteiger charge is -2.02. The van der Waals surface area contributed by atoms with Gasteiger partial charge < -0.3 is 5.32 Å². The number of hydrogen-bond donors (Lipinski definition) is 1. The molecule has 0 bridgehead atoms. The summed E-state index contributed by atoms with van der Waals surface area (Å²) in [6.07, 6.45) is 11.3. The second-order valence-electron chi connectivity index (χ2n) is 7.17.